The molecule has 2 rings (SSSR count). The lowest BCUT2D eigenvalue weighted by atomic mass is 10.0. The van der Waals surface area contributed by atoms with Crippen molar-refractivity contribution in [1.82, 2.24) is 14.8 Å². The predicted octanol–water partition coefficient (Wildman–Crippen LogP) is 2.42. The average molecular weight is 276 g/mol. The number of carbonyl (C=O) groups is 1. The van der Waals surface area contributed by atoms with Gasteiger partial charge in [-0.1, -0.05) is 13.8 Å². The van der Waals surface area contributed by atoms with E-state index in [1.54, 1.807) is 24.5 Å². The van der Waals surface area contributed by atoms with Gasteiger partial charge in [-0.25, -0.2) is 4.79 Å². The van der Waals surface area contributed by atoms with E-state index in [1.165, 1.54) is 0 Å². The van der Waals surface area contributed by atoms with Gasteiger partial charge in [0.25, 0.3) is 0 Å². The van der Waals surface area contributed by atoms with Gasteiger partial charge in [0.2, 0.25) is 0 Å². The van der Waals surface area contributed by atoms with Crippen LogP contribution in [-0.4, -0.2) is 53.0 Å². The molecule has 0 atom stereocenters. The summed E-state index contributed by atoms with van der Waals surface area (Å²) in [6.45, 7) is 8.24. The van der Waals surface area contributed by atoms with Crippen LogP contribution in [0.5, 0.6) is 0 Å². The number of nitrogens with zero attached hydrogens (tertiary/aromatic N) is 3. The number of hydrogen-bond donors (Lipinski definition) is 1. The van der Waals surface area contributed by atoms with Crippen molar-refractivity contribution in [3.63, 3.8) is 0 Å². The van der Waals surface area contributed by atoms with Gasteiger partial charge < -0.3 is 15.1 Å². The van der Waals surface area contributed by atoms with E-state index >= 15 is 0 Å². The van der Waals surface area contributed by atoms with E-state index in [9.17, 15) is 4.79 Å². The van der Waals surface area contributed by atoms with E-state index in [0.29, 0.717) is 6.04 Å². The summed E-state index contributed by atoms with van der Waals surface area (Å²) in [6, 6.07) is 4.23. The number of piperidine rings is 1. The van der Waals surface area contributed by atoms with E-state index in [0.717, 1.165) is 44.7 Å². The summed E-state index contributed by atoms with van der Waals surface area (Å²) in [5.41, 5.74) is 0.802. The standard InChI is InChI=1S/C15H24N4O/c1-3-18(4-2)14-7-11-19(12-8-14)15(20)17-13-5-9-16-10-6-13/h5-6,9-10,14H,3-4,7-8,11-12H2,1-2H3,(H,16,17,20). The number of pyridine rings is 1. The summed E-state index contributed by atoms with van der Waals surface area (Å²) in [5.74, 6) is 0. The van der Waals surface area contributed by atoms with E-state index in [-0.39, 0.29) is 6.03 Å². The van der Waals surface area contributed by atoms with Crippen LogP contribution in [0.25, 0.3) is 0 Å². The van der Waals surface area contributed by atoms with Gasteiger partial charge in [-0.3, -0.25) is 4.98 Å². The molecule has 1 aromatic heterocycles. The highest BCUT2D eigenvalue weighted by molar-refractivity contribution is 5.89. The Bertz CT molecular complexity index is 411. The van der Waals surface area contributed by atoms with Crippen molar-refractivity contribution in [1.29, 1.82) is 0 Å². The molecule has 0 saturated carbocycles. The maximum Gasteiger partial charge on any atom is 0.321 e. The minimum absolute atomic E-state index is 0.00537. The molecule has 1 aromatic rings. The fraction of sp³-hybridized carbons (Fsp3) is 0.600. The molecule has 1 fully saturated rings. The lowest BCUT2D eigenvalue weighted by molar-refractivity contribution is 0.130. The van der Waals surface area contributed by atoms with Gasteiger partial charge in [-0.05, 0) is 38.1 Å². The van der Waals surface area contributed by atoms with Gasteiger partial charge in [0.15, 0.2) is 0 Å². The highest BCUT2D eigenvalue weighted by Gasteiger charge is 2.25. The molecule has 2 heterocycles. The first-order valence-corrected chi connectivity index (χ1v) is 7.44. The van der Waals surface area contributed by atoms with E-state index in [2.05, 4.69) is 29.0 Å². The zero-order chi connectivity index (χ0) is 14.4. The Morgan fingerprint density at radius 1 is 1.30 bits per heavy atom. The lowest BCUT2D eigenvalue weighted by Gasteiger charge is -2.37. The Hall–Kier alpha value is -1.62. The van der Waals surface area contributed by atoms with Crippen molar-refractivity contribution < 1.29 is 4.79 Å². The van der Waals surface area contributed by atoms with Crippen molar-refractivity contribution in [2.24, 2.45) is 0 Å². The predicted molar refractivity (Wildman–Crippen MR) is 80.8 cm³/mol. The third kappa shape index (κ3) is 3.70. The molecule has 1 saturated heterocycles. The summed E-state index contributed by atoms with van der Waals surface area (Å²) >= 11 is 0. The molecule has 0 unspecified atom stereocenters. The second kappa shape index (κ2) is 7.24. The molecule has 0 spiro atoms. The minimum Gasteiger partial charge on any atom is -0.324 e. The number of urea groups is 1. The van der Waals surface area contributed by atoms with Crippen molar-refractivity contribution >= 4 is 11.7 Å². The highest BCUT2D eigenvalue weighted by Crippen LogP contribution is 2.17. The Labute approximate surface area is 121 Å². The van der Waals surface area contributed by atoms with Gasteiger partial charge in [-0.2, -0.15) is 0 Å². The SMILES string of the molecule is CCN(CC)C1CCN(C(=O)Nc2ccncc2)CC1. The van der Waals surface area contributed by atoms with Gasteiger partial charge in [-0.15, -0.1) is 0 Å². The quantitative estimate of drug-likeness (QED) is 0.918. The molecular weight excluding hydrogens is 252 g/mol. The molecule has 1 aliphatic rings. The second-order valence-electron chi connectivity index (χ2n) is 5.11. The number of likely N-dealkylation sites (tertiary alicyclic amines) is 1. The monoisotopic (exact) mass is 276 g/mol. The normalized spacial score (nSPS) is 16.4. The fourth-order valence-corrected chi connectivity index (χ4v) is 2.81. The summed E-state index contributed by atoms with van der Waals surface area (Å²) < 4.78 is 0. The molecule has 5 heteroatoms. The van der Waals surface area contributed by atoms with Crippen molar-refractivity contribution in [3.05, 3.63) is 24.5 Å². The van der Waals surface area contributed by atoms with Crippen molar-refractivity contribution in [3.8, 4) is 0 Å². The number of rotatable bonds is 4. The second-order valence-corrected chi connectivity index (χ2v) is 5.11. The van der Waals surface area contributed by atoms with E-state index in [1.807, 2.05) is 4.90 Å². The molecule has 0 radical (unpaired) electrons. The first-order valence-electron chi connectivity index (χ1n) is 7.44. The van der Waals surface area contributed by atoms with Gasteiger partial charge >= 0.3 is 6.03 Å². The van der Waals surface area contributed by atoms with Gasteiger partial charge in [0.05, 0.1) is 0 Å². The van der Waals surface area contributed by atoms with Crippen LogP contribution in [0.4, 0.5) is 10.5 Å². The highest BCUT2D eigenvalue weighted by atomic mass is 16.2. The Kier molecular flexibility index (Phi) is 5.35. The Balaban J connectivity index is 1.83. The molecular formula is C15H24N4O. The summed E-state index contributed by atoms with van der Waals surface area (Å²) in [6.07, 6.45) is 5.49. The maximum absolute atomic E-state index is 12.2. The summed E-state index contributed by atoms with van der Waals surface area (Å²) in [4.78, 5) is 20.5. The molecule has 1 aliphatic heterocycles. The van der Waals surface area contributed by atoms with Crippen molar-refractivity contribution in [2.75, 3.05) is 31.5 Å². The number of nitrogens with one attached hydrogen (secondary N) is 1. The lowest BCUT2D eigenvalue weighted by Crippen LogP contribution is -2.47. The third-order valence-corrected chi connectivity index (χ3v) is 4.01. The first-order chi connectivity index (χ1) is 9.74. The summed E-state index contributed by atoms with van der Waals surface area (Å²) in [5, 5.41) is 2.92. The van der Waals surface area contributed by atoms with Gasteiger partial charge in [0.1, 0.15) is 0 Å². The molecule has 2 amide bonds. The zero-order valence-electron chi connectivity index (χ0n) is 12.4. The van der Waals surface area contributed by atoms with Crippen LogP contribution in [0, 0.1) is 0 Å². The number of carbonyl (C=O) groups excluding carboxylic acids is 1. The van der Waals surface area contributed by atoms with Crippen LogP contribution in [0.2, 0.25) is 0 Å². The van der Waals surface area contributed by atoms with Crippen LogP contribution in [0.3, 0.4) is 0 Å². The number of aromatic nitrogens is 1. The molecule has 1 N–H and O–H groups in total. The number of anilines is 1. The van der Waals surface area contributed by atoms with Crippen LogP contribution in [0.1, 0.15) is 26.7 Å². The molecule has 0 aliphatic carbocycles. The largest absolute Gasteiger partial charge is 0.324 e. The topological polar surface area (TPSA) is 48.5 Å². The Morgan fingerprint density at radius 2 is 1.90 bits per heavy atom. The number of amides is 2. The first kappa shape index (κ1) is 14.8. The molecule has 5 nitrogen and oxygen atoms in total. The van der Waals surface area contributed by atoms with Crippen molar-refractivity contribution in [2.45, 2.75) is 32.7 Å². The summed E-state index contributed by atoms with van der Waals surface area (Å²) in [7, 11) is 0. The average Bonchev–Trinajstić information content (AvgIpc) is 2.50. The molecule has 0 bridgehead atoms. The van der Waals surface area contributed by atoms with Gasteiger partial charge in [0, 0.05) is 37.2 Å². The van der Waals surface area contributed by atoms with Crippen LogP contribution < -0.4 is 5.32 Å². The zero-order valence-corrected chi connectivity index (χ0v) is 12.4. The van der Waals surface area contributed by atoms with Crippen LogP contribution in [-0.2, 0) is 0 Å². The fourth-order valence-electron chi connectivity index (χ4n) is 2.81. The minimum atomic E-state index is -0.00537. The molecule has 0 aromatic carbocycles. The Morgan fingerprint density at radius 3 is 2.45 bits per heavy atom. The smallest absolute Gasteiger partial charge is 0.321 e. The van der Waals surface area contributed by atoms with E-state index in [4.69, 9.17) is 0 Å². The van der Waals surface area contributed by atoms with E-state index < -0.39 is 0 Å². The third-order valence-electron chi connectivity index (χ3n) is 4.01. The van der Waals surface area contributed by atoms with Crippen LogP contribution >= 0.6 is 0 Å². The molecule has 110 valence electrons. The maximum atomic E-state index is 12.2. The van der Waals surface area contributed by atoms with Crippen LogP contribution in [0.15, 0.2) is 24.5 Å². The molecule has 20 heavy (non-hydrogen) atoms. The number of hydrogen-bond acceptors (Lipinski definition) is 3.